The molecule has 0 unspecified atom stereocenters. The van der Waals surface area contributed by atoms with Crippen LogP contribution in [0.2, 0.25) is 5.02 Å². The van der Waals surface area contributed by atoms with E-state index in [0.29, 0.717) is 18.1 Å². The molecule has 0 atom stereocenters. The molecule has 0 aliphatic carbocycles. The van der Waals surface area contributed by atoms with Gasteiger partial charge >= 0.3 is 6.03 Å². The van der Waals surface area contributed by atoms with Crippen molar-refractivity contribution < 1.29 is 4.79 Å². The molecule has 3 aromatic rings. The Bertz CT molecular complexity index is 795. The molecule has 2 N–H and O–H groups in total. The Morgan fingerprint density at radius 2 is 2.00 bits per heavy atom. The van der Waals surface area contributed by atoms with Crippen molar-refractivity contribution >= 4 is 28.5 Å². The van der Waals surface area contributed by atoms with Crippen LogP contribution in [0.25, 0.3) is 10.9 Å². The van der Waals surface area contributed by atoms with Gasteiger partial charge in [-0.15, -0.1) is 0 Å². The summed E-state index contributed by atoms with van der Waals surface area (Å²) in [5.74, 6) is 0. The highest BCUT2D eigenvalue weighted by molar-refractivity contribution is 6.30. The van der Waals surface area contributed by atoms with Crippen LogP contribution in [0.3, 0.4) is 0 Å². The monoisotopic (exact) mass is 327 g/mol. The van der Waals surface area contributed by atoms with Crippen molar-refractivity contribution in [3.05, 3.63) is 70.9 Å². The molecule has 5 heteroatoms. The lowest BCUT2D eigenvalue weighted by Crippen LogP contribution is -2.36. The van der Waals surface area contributed by atoms with Gasteiger partial charge < -0.3 is 15.2 Å². The summed E-state index contributed by atoms with van der Waals surface area (Å²) in [5.41, 5.74) is 3.06. The van der Waals surface area contributed by atoms with Crippen molar-refractivity contribution in [2.75, 3.05) is 7.05 Å². The Hall–Kier alpha value is -2.46. The maximum absolute atomic E-state index is 12.2. The average Bonchev–Trinajstić information content (AvgIpc) is 2.95. The van der Waals surface area contributed by atoms with Crippen LogP contribution in [0, 0.1) is 0 Å². The van der Waals surface area contributed by atoms with Gasteiger partial charge in [-0.3, -0.25) is 0 Å². The molecule has 0 aliphatic heterocycles. The third-order valence-electron chi connectivity index (χ3n) is 3.67. The largest absolute Gasteiger partial charge is 0.357 e. The zero-order valence-corrected chi connectivity index (χ0v) is 13.6. The zero-order valence-electron chi connectivity index (χ0n) is 12.8. The molecule has 1 aromatic heterocycles. The Labute approximate surface area is 140 Å². The number of halogens is 1. The van der Waals surface area contributed by atoms with Gasteiger partial charge in [0.15, 0.2) is 0 Å². The number of fused-ring (bicyclic) bond motifs is 1. The van der Waals surface area contributed by atoms with Gasteiger partial charge in [-0.1, -0.05) is 41.9 Å². The van der Waals surface area contributed by atoms with Crippen molar-refractivity contribution in [3.63, 3.8) is 0 Å². The molecule has 0 aliphatic rings. The number of hydrogen-bond acceptors (Lipinski definition) is 1. The Kier molecular flexibility index (Phi) is 4.53. The summed E-state index contributed by atoms with van der Waals surface area (Å²) in [4.78, 5) is 17.1. The lowest BCUT2D eigenvalue weighted by Gasteiger charge is -2.18. The molecular formula is C18H18ClN3O. The summed E-state index contributed by atoms with van der Waals surface area (Å²) in [5, 5.41) is 4.74. The van der Waals surface area contributed by atoms with Crippen LogP contribution in [-0.2, 0) is 13.1 Å². The van der Waals surface area contributed by atoms with E-state index in [4.69, 9.17) is 11.6 Å². The molecule has 0 spiro atoms. The molecule has 0 bridgehead atoms. The molecule has 2 amide bonds. The maximum Gasteiger partial charge on any atom is 0.317 e. The molecule has 4 nitrogen and oxygen atoms in total. The van der Waals surface area contributed by atoms with Gasteiger partial charge in [0, 0.05) is 29.8 Å². The van der Waals surface area contributed by atoms with E-state index in [1.165, 1.54) is 0 Å². The van der Waals surface area contributed by atoms with E-state index < -0.39 is 0 Å². The topological polar surface area (TPSA) is 48.1 Å². The van der Waals surface area contributed by atoms with Crippen LogP contribution in [0.15, 0.2) is 54.6 Å². The number of benzene rings is 2. The molecule has 23 heavy (non-hydrogen) atoms. The third-order valence-corrected chi connectivity index (χ3v) is 3.91. The number of H-pyrrole nitrogens is 1. The summed E-state index contributed by atoms with van der Waals surface area (Å²) >= 11 is 5.96. The van der Waals surface area contributed by atoms with E-state index in [-0.39, 0.29) is 6.03 Å². The molecule has 2 aromatic carbocycles. The van der Waals surface area contributed by atoms with Gasteiger partial charge in [-0.05, 0) is 35.2 Å². The molecule has 118 valence electrons. The summed E-state index contributed by atoms with van der Waals surface area (Å²) < 4.78 is 0. The van der Waals surface area contributed by atoms with E-state index in [1.54, 1.807) is 11.9 Å². The number of urea groups is 1. The van der Waals surface area contributed by atoms with E-state index >= 15 is 0 Å². The number of carbonyl (C=O) groups is 1. The highest BCUT2D eigenvalue weighted by Gasteiger charge is 2.09. The summed E-state index contributed by atoms with van der Waals surface area (Å²) in [6.45, 7) is 0.979. The maximum atomic E-state index is 12.2. The highest BCUT2D eigenvalue weighted by atomic mass is 35.5. The quantitative estimate of drug-likeness (QED) is 0.742. The number of aromatic amines is 1. The highest BCUT2D eigenvalue weighted by Crippen LogP contribution is 2.15. The minimum atomic E-state index is -0.122. The van der Waals surface area contributed by atoms with Crippen molar-refractivity contribution in [1.29, 1.82) is 0 Å². The summed E-state index contributed by atoms with van der Waals surface area (Å²) in [7, 11) is 1.77. The van der Waals surface area contributed by atoms with E-state index in [2.05, 4.69) is 10.3 Å². The molecule has 0 fully saturated rings. The first-order valence-electron chi connectivity index (χ1n) is 7.42. The standard InChI is InChI=1S/C18H18ClN3O/c1-22(12-13-5-4-7-15(19)9-13)18(23)20-11-16-10-14-6-2-3-8-17(14)21-16/h2-10,21H,11-12H2,1H3,(H,20,23). The second-order valence-corrected chi connectivity index (χ2v) is 5.96. The van der Waals surface area contributed by atoms with Crippen molar-refractivity contribution in [1.82, 2.24) is 15.2 Å². The molecule has 0 saturated heterocycles. The lowest BCUT2D eigenvalue weighted by atomic mass is 10.2. The third kappa shape index (κ3) is 3.85. The van der Waals surface area contributed by atoms with Crippen LogP contribution in [0.1, 0.15) is 11.3 Å². The number of nitrogens with zero attached hydrogens (tertiary/aromatic N) is 1. The van der Waals surface area contributed by atoms with Crippen LogP contribution in [0.5, 0.6) is 0 Å². The lowest BCUT2D eigenvalue weighted by molar-refractivity contribution is 0.206. The van der Waals surface area contributed by atoms with Gasteiger partial charge in [0.25, 0.3) is 0 Å². The summed E-state index contributed by atoms with van der Waals surface area (Å²) in [6.07, 6.45) is 0. The minimum Gasteiger partial charge on any atom is -0.357 e. The number of hydrogen-bond donors (Lipinski definition) is 2. The number of amides is 2. The summed E-state index contributed by atoms with van der Waals surface area (Å²) in [6, 6.07) is 17.5. The van der Waals surface area contributed by atoms with Gasteiger partial charge in [0.1, 0.15) is 0 Å². The van der Waals surface area contributed by atoms with Crippen molar-refractivity contribution in [2.45, 2.75) is 13.1 Å². The SMILES string of the molecule is CN(Cc1cccc(Cl)c1)C(=O)NCc1cc2ccccc2[nH]1. The number of carbonyl (C=O) groups excluding carboxylic acids is 1. The Morgan fingerprint density at radius 1 is 1.17 bits per heavy atom. The first-order chi connectivity index (χ1) is 11.1. The molecule has 1 heterocycles. The van der Waals surface area contributed by atoms with Crippen LogP contribution >= 0.6 is 11.6 Å². The van der Waals surface area contributed by atoms with Gasteiger partial charge in [-0.25, -0.2) is 4.79 Å². The first kappa shape index (κ1) is 15.4. The van der Waals surface area contributed by atoms with Gasteiger partial charge in [0.2, 0.25) is 0 Å². The minimum absolute atomic E-state index is 0.122. The molecule has 3 rings (SSSR count). The fourth-order valence-corrected chi connectivity index (χ4v) is 2.73. The fourth-order valence-electron chi connectivity index (χ4n) is 2.52. The predicted octanol–water partition coefficient (Wildman–Crippen LogP) is 4.16. The Balaban J connectivity index is 1.58. The normalized spacial score (nSPS) is 10.7. The second-order valence-electron chi connectivity index (χ2n) is 5.53. The zero-order chi connectivity index (χ0) is 16.2. The van der Waals surface area contributed by atoms with Gasteiger partial charge in [0.05, 0.1) is 6.54 Å². The van der Waals surface area contributed by atoms with E-state index in [0.717, 1.165) is 22.2 Å². The van der Waals surface area contributed by atoms with Crippen LogP contribution < -0.4 is 5.32 Å². The van der Waals surface area contributed by atoms with Crippen molar-refractivity contribution in [3.8, 4) is 0 Å². The van der Waals surface area contributed by atoms with Crippen molar-refractivity contribution in [2.24, 2.45) is 0 Å². The number of aromatic nitrogens is 1. The predicted molar refractivity (Wildman–Crippen MR) is 93.5 cm³/mol. The smallest absolute Gasteiger partial charge is 0.317 e. The first-order valence-corrected chi connectivity index (χ1v) is 7.79. The number of para-hydroxylation sites is 1. The van der Waals surface area contributed by atoms with Crippen LogP contribution in [-0.4, -0.2) is 23.0 Å². The second kappa shape index (κ2) is 6.75. The van der Waals surface area contributed by atoms with Gasteiger partial charge in [-0.2, -0.15) is 0 Å². The average molecular weight is 328 g/mol. The molecule has 0 saturated carbocycles. The molecule has 0 radical (unpaired) electrons. The van der Waals surface area contributed by atoms with E-state index in [1.807, 2.05) is 54.6 Å². The number of rotatable bonds is 4. The number of nitrogens with one attached hydrogen (secondary N) is 2. The fraction of sp³-hybridized carbons (Fsp3) is 0.167. The molecular weight excluding hydrogens is 310 g/mol. The van der Waals surface area contributed by atoms with E-state index in [9.17, 15) is 4.79 Å². The Morgan fingerprint density at radius 3 is 2.78 bits per heavy atom. The van der Waals surface area contributed by atoms with Crippen LogP contribution in [0.4, 0.5) is 4.79 Å².